The van der Waals surface area contributed by atoms with Gasteiger partial charge in [0.2, 0.25) is 0 Å². The lowest BCUT2D eigenvalue weighted by molar-refractivity contribution is -0.145. The van der Waals surface area contributed by atoms with Crippen LogP contribution in [0.1, 0.15) is 33.3 Å². The molecule has 0 aliphatic heterocycles. The van der Waals surface area contributed by atoms with Gasteiger partial charge in [-0.3, -0.25) is 0 Å². The van der Waals surface area contributed by atoms with E-state index < -0.39 is 29.8 Å². The van der Waals surface area contributed by atoms with E-state index in [0.29, 0.717) is 0 Å². The Bertz CT molecular complexity index is 597. The van der Waals surface area contributed by atoms with E-state index in [1.165, 1.54) is 0 Å². The first-order chi connectivity index (χ1) is 12.2. The molecule has 0 saturated heterocycles. The summed E-state index contributed by atoms with van der Waals surface area (Å²) in [5.74, 6) is -0.680. The zero-order chi connectivity index (χ0) is 19.6. The molecule has 2 N–H and O–H groups in total. The molecular weight excluding hydrogens is 340 g/mol. The fourth-order valence-electron chi connectivity index (χ4n) is 1.84. The molecule has 1 atom stereocenters. The fraction of sp³-hybridized carbons (Fsp3) is 0.500. The van der Waals surface area contributed by atoms with E-state index in [0.717, 1.165) is 5.56 Å². The highest BCUT2D eigenvalue weighted by Crippen LogP contribution is 2.06. The zero-order valence-electron chi connectivity index (χ0n) is 15.5. The molecule has 1 aromatic rings. The molecule has 8 nitrogen and oxygen atoms in total. The van der Waals surface area contributed by atoms with Gasteiger partial charge in [0, 0.05) is 0 Å². The lowest BCUT2D eigenvalue weighted by Crippen LogP contribution is -2.50. The number of carbonyl (C=O) groups excluding carboxylic acids is 3. The molecular formula is C18H26N2O6. The Morgan fingerprint density at radius 3 is 2.27 bits per heavy atom. The van der Waals surface area contributed by atoms with Crippen LogP contribution in [0.15, 0.2) is 30.3 Å². The maximum Gasteiger partial charge on any atom is 0.408 e. The molecule has 8 heteroatoms. The first-order valence-electron chi connectivity index (χ1n) is 8.32. The van der Waals surface area contributed by atoms with Gasteiger partial charge in [0.15, 0.2) is 0 Å². The van der Waals surface area contributed by atoms with E-state index in [9.17, 15) is 14.4 Å². The van der Waals surface area contributed by atoms with Crippen molar-refractivity contribution in [1.82, 2.24) is 10.6 Å². The van der Waals surface area contributed by atoms with E-state index in [-0.39, 0.29) is 19.8 Å². The SMILES string of the molecule is CCOC(=O)C(CNC(=O)OC(C)(C)C)NC(=O)OCc1ccccc1. The van der Waals surface area contributed by atoms with Crippen molar-refractivity contribution in [2.24, 2.45) is 0 Å². The molecule has 0 heterocycles. The van der Waals surface area contributed by atoms with Crippen molar-refractivity contribution >= 4 is 18.2 Å². The summed E-state index contributed by atoms with van der Waals surface area (Å²) in [4.78, 5) is 35.6. The van der Waals surface area contributed by atoms with Crippen LogP contribution in [-0.2, 0) is 25.6 Å². The predicted octanol–water partition coefficient (Wildman–Crippen LogP) is 2.37. The van der Waals surface area contributed by atoms with Gasteiger partial charge in [-0.25, -0.2) is 14.4 Å². The van der Waals surface area contributed by atoms with Gasteiger partial charge in [0.1, 0.15) is 18.2 Å². The van der Waals surface area contributed by atoms with Crippen LogP contribution in [0, 0.1) is 0 Å². The molecule has 2 amide bonds. The van der Waals surface area contributed by atoms with Gasteiger partial charge in [-0.15, -0.1) is 0 Å². The number of benzene rings is 1. The third-order valence-corrected chi connectivity index (χ3v) is 2.93. The smallest absolute Gasteiger partial charge is 0.408 e. The van der Waals surface area contributed by atoms with Crippen LogP contribution in [0.2, 0.25) is 0 Å². The van der Waals surface area contributed by atoms with Gasteiger partial charge in [-0.1, -0.05) is 30.3 Å². The van der Waals surface area contributed by atoms with Crippen LogP contribution in [0.3, 0.4) is 0 Å². The van der Waals surface area contributed by atoms with Gasteiger partial charge in [0.25, 0.3) is 0 Å². The molecule has 0 aliphatic carbocycles. The number of nitrogens with one attached hydrogen (secondary N) is 2. The van der Waals surface area contributed by atoms with Crippen molar-refractivity contribution in [2.45, 2.75) is 45.9 Å². The van der Waals surface area contributed by atoms with Crippen molar-refractivity contribution < 1.29 is 28.6 Å². The molecule has 1 aromatic carbocycles. The number of amides is 2. The van der Waals surface area contributed by atoms with Gasteiger partial charge < -0.3 is 24.8 Å². The van der Waals surface area contributed by atoms with Gasteiger partial charge in [-0.05, 0) is 33.3 Å². The highest BCUT2D eigenvalue weighted by Gasteiger charge is 2.25. The van der Waals surface area contributed by atoms with Gasteiger partial charge in [0.05, 0.1) is 13.2 Å². The topological polar surface area (TPSA) is 103 Å². The van der Waals surface area contributed by atoms with Crippen molar-refractivity contribution in [3.05, 3.63) is 35.9 Å². The minimum Gasteiger partial charge on any atom is -0.464 e. The molecule has 0 bridgehead atoms. The van der Waals surface area contributed by atoms with E-state index in [4.69, 9.17) is 14.2 Å². The molecule has 1 rings (SSSR count). The maximum absolute atomic E-state index is 12.0. The third-order valence-electron chi connectivity index (χ3n) is 2.93. The van der Waals surface area contributed by atoms with Crippen LogP contribution >= 0.6 is 0 Å². The van der Waals surface area contributed by atoms with E-state index in [1.807, 2.05) is 18.2 Å². The van der Waals surface area contributed by atoms with Crippen LogP contribution in [0.25, 0.3) is 0 Å². The fourth-order valence-corrected chi connectivity index (χ4v) is 1.84. The molecule has 0 spiro atoms. The maximum atomic E-state index is 12.0. The lowest BCUT2D eigenvalue weighted by Gasteiger charge is -2.21. The average Bonchev–Trinajstić information content (AvgIpc) is 2.56. The van der Waals surface area contributed by atoms with Crippen molar-refractivity contribution in [3.63, 3.8) is 0 Å². The summed E-state index contributed by atoms with van der Waals surface area (Å²) in [5.41, 5.74) is 0.133. The molecule has 144 valence electrons. The van der Waals surface area contributed by atoms with Crippen molar-refractivity contribution in [3.8, 4) is 0 Å². The second-order valence-corrected chi connectivity index (χ2v) is 6.39. The Morgan fingerprint density at radius 2 is 1.69 bits per heavy atom. The lowest BCUT2D eigenvalue weighted by atomic mass is 10.2. The molecule has 0 saturated carbocycles. The monoisotopic (exact) mass is 366 g/mol. The Hall–Kier alpha value is -2.77. The Balaban J connectivity index is 2.55. The second kappa shape index (κ2) is 10.3. The standard InChI is InChI=1S/C18H26N2O6/c1-5-24-15(21)14(11-19-16(22)26-18(2,3)4)20-17(23)25-12-13-9-7-6-8-10-13/h6-10,14H,5,11-12H2,1-4H3,(H,19,22)(H,20,23). The number of rotatable bonds is 7. The number of alkyl carbamates (subject to hydrolysis) is 2. The van der Waals surface area contributed by atoms with Crippen molar-refractivity contribution in [1.29, 1.82) is 0 Å². The number of esters is 1. The Morgan fingerprint density at radius 1 is 1.04 bits per heavy atom. The summed E-state index contributed by atoms with van der Waals surface area (Å²) >= 11 is 0. The molecule has 0 aromatic heterocycles. The van der Waals surface area contributed by atoms with Crippen LogP contribution in [0.5, 0.6) is 0 Å². The minimum atomic E-state index is -1.09. The zero-order valence-corrected chi connectivity index (χ0v) is 15.5. The molecule has 0 aliphatic rings. The van der Waals surface area contributed by atoms with Crippen molar-refractivity contribution in [2.75, 3.05) is 13.2 Å². The number of hydrogen-bond acceptors (Lipinski definition) is 6. The summed E-state index contributed by atoms with van der Waals surface area (Å²) in [6.07, 6.45) is -1.50. The number of carbonyl (C=O) groups is 3. The average molecular weight is 366 g/mol. The van der Waals surface area contributed by atoms with E-state index in [1.54, 1.807) is 39.8 Å². The molecule has 26 heavy (non-hydrogen) atoms. The van der Waals surface area contributed by atoms with Crippen LogP contribution < -0.4 is 10.6 Å². The van der Waals surface area contributed by atoms with E-state index >= 15 is 0 Å². The number of hydrogen-bond donors (Lipinski definition) is 2. The largest absolute Gasteiger partial charge is 0.464 e. The summed E-state index contributed by atoms with van der Waals surface area (Å²) in [6.45, 7) is 6.81. The second-order valence-electron chi connectivity index (χ2n) is 6.39. The number of ether oxygens (including phenoxy) is 3. The van der Waals surface area contributed by atoms with Gasteiger partial charge >= 0.3 is 18.2 Å². The summed E-state index contributed by atoms with van der Waals surface area (Å²) in [7, 11) is 0. The summed E-state index contributed by atoms with van der Waals surface area (Å²) < 4.78 is 15.1. The summed E-state index contributed by atoms with van der Waals surface area (Å²) in [5, 5.41) is 4.81. The first kappa shape index (κ1) is 21.3. The molecule has 0 radical (unpaired) electrons. The van der Waals surface area contributed by atoms with Crippen LogP contribution in [-0.4, -0.2) is 43.0 Å². The molecule has 1 unspecified atom stereocenters. The molecule has 0 fully saturated rings. The predicted molar refractivity (Wildman–Crippen MR) is 94.4 cm³/mol. The summed E-state index contributed by atoms with van der Waals surface area (Å²) in [6, 6.07) is 8.01. The first-order valence-corrected chi connectivity index (χ1v) is 8.32. The highest BCUT2D eigenvalue weighted by molar-refractivity contribution is 5.82. The Kier molecular flexibility index (Phi) is 8.41. The quantitative estimate of drug-likeness (QED) is 0.567. The van der Waals surface area contributed by atoms with Crippen LogP contribution in [0.4, 0.5) is 9.59 Å². The minimum absolute atomic E-state index is 0.0573. The third kappa shape index (κ3) is 8.91. The normalized spacial score (nSPS) is 11.8. The Labute approximate surface area is 153 Å². The van der Waals surface area contributed by atoms with Gasteiger partial charge in [-0.2, -0.15) is 0 Å². The highest BCUT2D eigenvalue weighted by atomic mass is 16.6. The van der Waals surface area contributed by atoms with E-state index in [2.05, 4.69) is 10.6 Å².